The lowest BCUT2D eigenvalue weighted by atomic mass is 10.2. The van der Waals surface area contributed by atoms with Gasteiger partial charge in [0, 0.05) is 10.5 Å². The Labute approximate surface area is 111 Å². The Morgan fingerprint density at radius 3 is 2.47 bits per heavy atom. The zero-order valence-electron chi connectivity index (χ0n) is 8.62. The van der Waals surface area contributed by atoms with E-state index in [1.54, 1.807) is 12.1 Å². The van der Waals surface area contributed by atoms with Gasteiger partial charge in [-0.3, -0.25) is 0 Å². The first-order valence-electron chi connectivity index (χ1n) is 4.48. The van der Waals surface area contributed by atoms with Crippen LogP contribution in [-0.2, 0) is 10.0 Å². The van der Waals surface area contributed by atoms with E-state index in [0.717, 1.165) is 26.4 Å². The van der Waals surface area contributed by atoms with Crippen molar-refractivity contribution in [3.8, 4) is 0 Å². The van der Waals surface area contributed by atoms with Gasteiger partial charge in [-0.2, -0.15) is 12.8 Å². The van der Waals surface area contributed by atoms with Crippen molar-refractivity contribution in [3.05, 3.63) is 39.7 Å². The Balaban J connectivity index is 2.52. The van der Waals surface area contributed by atoms with Gasteiger partial charge in [0.15, 0.2) is 9.82 Å². The van der Waals surface area contributed by atoms with E-state index < -0.39 is 10.0 Å². The number of halogens is 1. The molecule has 2 aromatic rings. The summed E-state index contributed by atoms with van der Waals surface area (Å²) in [6.07, 6.45) is 0. The molecule has 0 fully saturated rings. The van der Waals surface area contributed by atoms with Gasteiger partial charge in [0.2, 0.25) is 0 Å². The summed E-state index contributed by atoms with van der Waals surface area (Å²) in [5.74, 6) is 0. The first-order valence-corrected chi connectivity index (χ1v) is 8.41. The molecule has 90 valence electrons. The molecule has 1 aromatic carbocycles. The van der Waals surface area contributed by atoms with Gasteiger partial charge in [-0.25, -0.2) is 0 Å². The SMILES string of the molecule is Cc1ccc(S(=O)(=O)/N=c2\ssnc2Cl)cc1. The molecule has 0 unspecified atom stereocenters. The van der Waals surface area contributed by atoms with E-state index in [0.29, 0.717) is 0 Å². The molecule has 0 amide bonds. The number of benzene rings is 1. The molecular formula is C9H7ClN2O2S3. The van der Waals surface area contributed by atoms with Crippen LogP contribution in [0.15, 0.2) is 33.6 Å². The fourth-order valence-corrected chi connectivity index (χ4v) is 4.45. The maximum absolute atomic E-state index is 11.9. The summed E-state index contributed by atoms with van der Waals surface area (Å²) in [5.41, 5.74) is 0.988. The van der Waals surface area contributed by atoms with Gasteiger partial charge in [0.05, 0.1) is 4.90 Å². The third-order valence-corrected chi connectivity index (χ3v) is 5.51. The van der Waals surface area contributed by atoms with Gasteiger partial charge >= 0.3 is 0 Å². The Morgan fingerprint density at radius 2 is 1.94 bits per heavy atom. The van der Waals surface area contributed by atoms with E-state index in [1.165, 1.54) is 12.1 Å². The number of nitrogens with zero attached hydrogens (tertiary/aromatic N) is 2. The minimum absolute atomic E-state index is 0.121. The van der Waals surface area contributed by atoms with Crippen LogP contribution < -0.4 is 4.67 Å². The van der Waals surface area contributed by atoms with Crippen LogP contribution in [0.3, 0.4) is 0 Å². The highest BCUT2D eigenvalue weighted by atomic mass is 35.5. The molecule has 0 atom stereocenters. The van der Waals surface area contributed by atoms with E-state index in [-0.39, 0.29) is 14.7 Å². The lowest BCUT2D eigenvalue weighted by Crippen LogP contribution is -2.04. The van der Waals surface area contributed by atoms with Crippen LogP contribution in [-0.4, -0.2) is 12.8 Å². The second-order valence-electron chi connectivity index (χ2n) is 3.22. The third kappa shape index (κ3) is 2.92. The summed E-state index contributed by atoms with van der Waals surface area (Å²) in [6.45, 7) is 1.88. The summed E-state index contributed by atoms with van der Waals surface area (Å²) in [4.78, 5) is 0.151. The van der Waals surface area contributed by atoms with Gasteiger partial charge in [-0.05, 0) is 29.4 Å². The van der Waals surface area contributed by atoms with Crippen LogP contribution in [0.2, 0.25) is 5.15 Å². The molecule has 0 radical (unpaired) electrons. The Bertz CT molecular complexity index is 686. The smallest absolute Gasteiger partial charge is 0.199 e. The molecule has 0 saturated heterocycles. The highest BCUT2D eigenvalue weighted by Gasteiger charge is 2.13. The van der Waals surface area contributed by atoms with Crippen molar-refractivity contribution in [1.29, 1.82) is 0 Å². The number of hydrogen-bond donors (Lipinski definition) is 0. The minimum atomic E-state index is -3.70. The van der Waals surface area contributed by atoms with Crippen LogP contribution in [0.5, 0.6) is 0 Å². The molecule has 0 saturated carbocycles. The molecule has 0 aliphatic carbocycles. The number of rotatable bonds is 2. The zero-order chi connectivity index (χ0) is 12.5. The molecule has 0 N–H and O–H groups in total. The van der Waals surface area contributed by atoms with Crippen molar-refractivity contribution in [2.75, 3.05) is 0 Å². The van der Waals surface area contributed by atoms with Gasteiger partial charge < -0.3 is 0 Å². The Morgan fingerprint density at radius 1 is 1.29 bits per heavy atom. The monoisotopic (exact) mass is 306 g/mol. The lowest BCUT2D eigenvalue weighted by molar-refractivity contribution is 0.597. The predicted molar refractivity (Wildman–Crippen MR) is 68.9 cm³/mol. The third-order valence-electron chi connectivity index (χ3n) is 1.93. The van der Waals surface area contributed by atoms with Crippen LogP contribution in [0.1, 0.15) is 5.56 Å². The van der Waals surface area contributed by atoms with Crippen LogP contribution >= 0.6 is 32.5 Å². The maximum atomic E-state index is 11.9. The normalized spacial score (nSPS) is 12.9. The zero-order valence-corrected chi connectivity index (χ0v) is 11.8. The summed E-state index contributed by atoms with van der Waals surface area (Å²) in [5, 5.41) is 0.121. The van der Waals surface area contributed by atoms with Crippen molar-refractivity contribution < 1.29 is 8.42 Å². The van der Waals surface area contributed by atoms with E-state index in [9.17, 15) is 8.42 Å². The fraction of sp³-hybridized carbons (Fsp3) is 0.111. The Hall–Kier alpha value is -0.760. The number of sulfonamides is 1. The standard InChI is InChI=1S/C9H7ClN2O2S3/c1-6-2-4-7(5-3-6)17(13,14)12-9-8(10)11-16-15-9/h2-5H,1H3/b12-9-. The van der Waals surface area contributed by atoms with E-state index >= 15 is 0 Å². The predicted octanol–water partition coefficient (Wildman–Crippen LogP) is 2.46. The van der Waals surface area contributed by atoms with Crippen molar-refractivity contribution in [3.63, 3.8) is 0 Å². The average Bonchev–Trinajstić information content (AvgIpc) is 2.64. The fourth-order valence-electron chi connectivity index (χ4n) is 1.09. The lowest BCUT2D eigenvalue weighted by Gasteiger charge is -1.97. The maximum Gasteiger partial charge on any atom is 0.283 e. The van der Waals surface area contributed by atoms with Crippen LogP contribution in [0.4, 0.5) is 0 Å². The van der Waals surface area contributed by atoms with Crippen molar-refractivity contribution in [2.45, 2.75) is 11.8 Å². The average molecular weight is 307 g/mol. The van der Waals surface area contributed by atoms with Gasteiger partial charge in [-0.15, -0.1) is 4.40 Å². The molecule has 2 rings (SSSR count). The summed E-state index contributed by atoms with van der Waals surface area (Å²) in [7, 11) is -1.47. The first-order chi connectivity index (χ1) is 7.99. The highest BCUT2D eigenvalue weighted by Crippen LogP contribution is 2.14. The Kier molecular flexibility index (Phi) is 3.62. The van der Waals surface area contributed by atoms with E-state index in [2.05, 4.69) is 8.77 Å². The molecular weight excluding hydrogens is 300 g/mol. The molecule has 0 aliphatic heterocycles. The number of aromatic nitrogens is 1. The molecule has 0 bridgehead atoms. The van der Waals surface area contributed by atoms with Crippen LogP contribution in [0, 0.1) is 6.92 Å². The molecule has 0 spiro atoms. The van der Waals surface area contributed by atoms with Gasteiger partial charge in [0.25, 0.3) is 10.0 Å². The summed E-state index contributed by atoms with van der Waals surface area (Å²) < 4.78 is 31.5. The highest BCUT2D eigenvalue weighted by molar-refractivity contribution is 7.90. The van der Waals surface area contributed by atoms with E-state index in [1.807, 2.05) is 6.92 Å². The topological polar surface area (TPSA) is 59.4 Å². The first kappa shape index (κ1) is 12.7. The van der Waals surface area contributed by atoms with Crippen molar-refractivity contribution in [2.24, 2.45) is 4.40 Å². The van der Waals surface area contributed by atoms with Crippen molar-refractivity contribution >= 4 is 42.5 Å². The molecule has 17 heavy (non-hydrogen) atoms. The van der Waals surface area contributed by atoms with E-state index in [4.69, 9.17) is 11.6 Å². The molecule has 8 heteroatoms. The molecule has 0 aliphatic rings. The second kappa shape index (κ2) is 4.85. The molecule has 1 heterocycles. The molecule has 4 nitrogen and oxygen atoms in total. The minimum Gasteiger partial charge on any atom is -0.199 e. The number of hydrogen-bond acceptors (Lipinski definition) is 5. The largest absolute Gasteiger partial charge is 0.283 e. The van der Waals surface area contributed by atoms with Gasteiger partial charge in [-0.1, -0.05) is 29.3 Å². The molecule has 1 aromatic heterocycles. The summed E-state index contributed by atoms with van der Waals surface area (Å²) in [6, 6.07) is 6.48. The second-order valence-corrected chi connectivity index (χ2v) is 7.02. The summed E-state index contributed by atoms with van der Waals surface area (Å²) >= 11 is 5.71. The quantitative estimate of drug-likeness (QED) is 0.801. The number of aryl methyl sites for hydroxylation is 1. The van der Waals surface area contributed by atoms with Crippen LogP contribution in [0.25, 0.3) is 0 Å². The van der Waals surface area contributed by atoms with Crippen molar-refractivity contribution in [1.82, 2.24) is 4.37 Å². The van der Waals surface area contributed by atoms with Gasteiger partial charge in [0.1, 0.15) is 0 Å².